The fraction of sp³-hybridized carbons (Fsp3) is 0. The summed E-state index contributed by atoms with van der Waals surface area (Å²) in [5.74, 6) is -0.633. The van der Waals surface area contributed by atoms with Crippen LogP contribution < -0.4 is 11.2 Å². The van der Waals surface area contributed by atoms with Crippen LogP contribution in [-0.2, 0) is 0 Å². The van der Waals surface area contributed by atoms with Crippen LogP contribution in [0.1, 0.15) is 0 Å². The molecule has 1 aromatic carbocycles. The number of pyridine rings is 1. The second-order valence-electron chi connectivity index (χ2n) is 4.49. The number of fused-ring (bicyclic) bond motifs is 1. The van der Waals surface area contributed by atoms with E-state index in [2.05, 4.69) is 25.9 Å². The summed E-state index contributed by atoms with van der Waals surface area (Å²) < 4.78 is 1.43. The van der Waals surface area contributed by atoms with E-state index >= 15 is 0 Å². The lowest BCUT2D eigenvalue weighted by Crippen LogP contribution is -2.33. The topological polar surface area (TPSA) is 111 Å². The first-order valence-corrected chi connectivity index (χ1v) is 7.31. The van der Waals surface area contributed by atoms with Crippen molar-refractivity contribution in [1.82, 2.24) is 14.5 Å². The zero-order valence-corrected chi connectivity index (χ0v) is 13.5. The molecule has 2 aromatic heterocycles. The van der Waals surface area contributed by atoms with E-state index in [-0.39, 0.29) is 16.1 Å². The number of hydrogen-bond donors (Lipinski definition) is 1. The van der Waals surface area contributed by atoms with Gasteiger partial charge in [0.1, 0.15) is 6.20 Å². The molecule has 0 atom stereocenters. The molecule has 0 unspecified atom stereocenters. The summed E-state index contributed by atoms with van der Waals surface area (Å²) in [5, 5.41) is 10.8. The molecule has 0 amide bonds. The van der Waals surface area contributed by atoms with Gasteiger partial charge in [-0.2, -0.15) is 0 Å². The van der Waals surface area contributed by atoms with Gasteiger partial charge in [0, 0.05) is 10.5 Å². The van der Waals surface area contributed by atoms with Gasteiger partial charge in [-0.25, -0.2) is 9.36 Å². The SMILES string of the molecule is O=c1[nH]c2cc(Br)ccc2c(=O)n1-c1ccnc([N+](=O)[O-])c1Cl. The molecule has 10 heteroatoms. The van der Waals surface area contributed by atoms with Crippen LogP contribution in [0.25, 0.3) is 16.6 Å². The number of halogens is 2. The Labute approximate surface area is 140 Å². The van der Waals surface area contributed by atoms with Crippen molar-refractivity contribution < 1.29 is 4.92 Å². The Kier molecular flexibility index (Phi) is 3.74. The first-order chi connectivity index (χ1) is 10.9. The van der Waals surface area contributed by atoms with Crippen LogP contribution in [0.4, 0.5) is 5.82 Å². The summed E-state index contributed by atoms with van der Waals surface area (Å²) in [4.78, 5) is 41.0. The van der Waals surface area contributed by atoms with Gasteiger partial charge in [-0.1, -0.05) is 27.5 Å². The quantitative estimate of drug-likeness (QED) is 0.527. The van der Waals surface area contributed by atoms with Crippen LogP contribution in [-0.4, -0.2) is 19.5 Å². The van der Waals surface area contributed by atoms with Crippen molar-refractivity contribution >= 4 is 44.3 Å². The number of aromatic nitrogens is 3. The molecule has 0 fully saturated rings. The van der Waals surface area contributed by atoms with E-state index in [1.807, 2.05) is 0 Å². The largest absolute Gasteiger partial charge is 0.384 e. The van der Waals surface area contributed by atoms with Crippen molar-refractivity contribution in [3.63, 3.8) is 0 Å². The minimum Gasteiger partial charge on any atom is -0.358 e. The average Bonchev–Trinajstić information content (AvgIpc) is 2.48. The molecule has 3 rings (SSSR count). The molecule has 0 spiro atoms. The van der Waals surface area contributed by atoms with E-state index in [1.165, 1.54) is 12.1 Å². The predicted octanol–water partition coefficient (Wildman–Crippen LogP) is 2.40. The summed E-state index contributed by atoms with van der Waals surface area (Å²) in [6.45, 7) is 0. The van der Waals surface area contributed by atoms with E-state index in [0.717, 1.165) is 10.8 Å². The van der Waals surface area contributed by atoms with Crippen molar-refractivity contribution in [3.8, 4) is 5.69 Å². The monoisotopic (exact) mass is 396 g/mol. The first kappa shape index (κ1) is 15.4. The molecule has 3 aromatic rings. The fourth-order valence-electron chi connectivity index (χ4n) is 2.13. The van der Waals surface area contributed by atoms with Crippen LogP contribution in [0.2, 0.25) is 5.02 Å². The zero-order valence-electron chi connectivity index (χ0n) is 11.1. The standard InChI is InChI=1S/C13H6BrClN4O4/c14-6-1-2-7-8(5-6)17-13(21)18(12(7)20)9-3-4-16-11(10(9)15)19(22)23/h1-5H,(H,17,21). The Balaban J connectivity index is 2.41. The second kappa shape index (κ2) is 5.60. The van der Waals surface area contributed by atoms with Crippen LogP contribution in [0.15, 0.2) is 44.5 Å². The minimum absolute atomic E-state index is 0.107. The highest BCUT2D eigenvalue weighted by Crippen LogP contribution is 2.27. The summed E-state index contributed by atoms with van der Waals surface area (Å²) >= 11 is 9.18. The molecule has 0 saturated heterocycles. The van der Waals surface area contributed by atoms with Crippen molar-refractivity contribution in [1.29, 1.82) is 0 Å². The maximum absolute atomic E-state index is 12.6. The highest BCUT2D eigenvalue weighted by atomic mass is 79.9. The van der Waals surface area contributed by atoms with Gasteiger partial charge >= 0.3 is 11.5 Å². The molecule has 8 nitrogen and oxygen atoms in total. The summed E-state index contributed by atoms with van der Waals surface area (Å²) in [5.41, 5.74) is -1.17. The maximum atomic E-state index is 12.6. The first-order valence-electron chi connectivity index (χ1n) is 6.14. The Morgan fingerprint density at radius 2 is 2.04 bits per heavy atom. The van der Waals surface area contributed by atoms with Crippen LogP contribution in [0, 0.1) is 10.1 Å². The van der Waals surface area contributed by atoms with Gasteiger partial charge in [0.05, 0.1) is 16.6 Å². The average molecular weight is 398 g/mol. The zero-order chi connectivity index (χ0) is 16.7. The highest BCUT2D eigenvalue weighted by molar-refractivity contribution is 9.10. The summed E-state index contributed by atoms with van der Waals surface area (Å²) in [7, 11) is 0. The lowest BCUT2D eigenvalue weighted by atomic mass is 10.2. The maximum Gasteiger partial charge on any atom is 0.384 e. The van der Waals surface area contributed by atoms with Gasteiger partial charge in [0.2, 0.25) is 0 Å². The smallest absolute Gasteiger partial charge is 0.358 e. The number of H-pyrrole nitrogens is 1. The number of nitrogens with zero attached hydrogens (tertiary/aromatic N) is 3. The normalized spacial score (nSPS) is 10.9. The molecule has 0 saturated carbocycles. The molecule has 1 N–H and O–H groups in total. The Hall–Kier alpha value is -2.52. The molecular weight excluding hydrogens is 392 g/mol. The predicted molar refractivity (Wildman–Crippen MR) is 87.3 cm³/mol. The number of nitro groups is 1. The van der Waals surface area contributed by atoms with Crippen molar-refractivity contribution in [2.45, 2.75) is 0 Å². The third-order valence-corrected chi connectivity index (χ3v) is 3.98. The van der Waals surface area contributed by atoms with Crippen molar-refractivity contribution in [3.05, 3.63) is 70.9 Å². The molecule has 2 heterocycles. The molecule has 0 bridgehead atoms. The fourth-order valence-corrected chi connectivity index (χ4v) is 2.76. The third-order valence-electron chi connectivity index (χ3n) is 3.12. The molecule has 0 aliphatic heterocycles. The highest BCUT2D eigenvalue weighted by Gasteiger charge is 2.21. The van der Waals surface area contributed by atoms with Crippen LogP contribution in [0.3, 0.4) is 0 Å². The lowest BCUT2D eigenvalue weighted by molar-refractivity contribution is -0.389. The molecular formula is C13H6BrClN4O4. The molecule has 23 heavy (non-hydrogen) atoms. The van der Waals surface area contributed by atoms with Gasteiger partial charge in [-0.05, 0) is 28.1 Å². The van der Waals surface area contributed by atoms with Crippen molar-refractivity contribution in [2.24, 2.45) is 0 Å². The Morgan fingerprint density at radius 1 is 1.30 bits per heavy atom. The van der Waals surface area contributed by atoms with Crippen LogP contribution >= 0.6 is 27.5 Å². The van der Waals surface area contributed by atoms with E-state index < -0.39 is 22.0 Å². The van der Waals surface area contributed by atoms with E-state index in [0.29, 0.717) is 9.99 Å². The Morgan fingerprint density at radius 3 is 2.74 bits per heavy atom. The van der Waals surface area contributed by atoms with Gasteiger partial charge in [0.25, 0.3) is 5.56 Å². The summed E-state index contributed by atoms with van der Waals surface area (Å²) in [6, 6.07) is 6.01. The Bertz CT molecular complexity index is 1080. The van der Waals surface area contributed by atoms with Gasteiger partial charge in [0.15, 0.2) is 5.02 Å². The number of rotatable bonds is 2. The van der Waals surface area contributed by atoms with Gasteiger partial charge in [-0.3, -0.25) is 4.79 Å². The van der Waals surface area contributed by atoms with Gasteiger partial charge < -0.3 is 15.1 Å². The third kappa shape index (κ3) is 2.53. The second-order valence-corrected chi connectivity index (χ2v) is 5.78. The number of hydrogen-bond acceptors (Lipinski definition) is 5. The van der Waals surface area contributed by atoms with Crippen LogP contribution in [0.5, 0.6) is 0 Å². The van der Waals surface area contributed by atoms with E-state index in [1.54, 1.807) is 12.1 Å². The van der Waals surface area contributed by atoms with Gasteiger partial charge in [-0.15, -0.1) is 0 Å². The van der Waals surface area contributed by atoms with E-state index in [9.17, 15) is 19.7 Å². The molecule has 0 aliphatic rings. The summed E-state index contributed by atoms with van der Waals surface area (Å²) in [6.07, 6.45) is 1.11. The van der Waals surface area contributed by atoms with Crippen molar-refractivity contribution in [2.75, 3.05) is 0 Å². The minimum atomic E-state index is -0.788. The number of benzene rings is 1. The number of aromatic amines is 1. The number of nitrogens with one attached hydrogen (secondary N) is 1. The molecule has 116 valence electrons. The van der Waals surface area contributed by atoms with E-state index in [4.69, 9.17) is 11.6 Å². The molecule has 0 radical (unpaired) electrons. The lowest BCUT2D eigenvalue weighted by Gasteiger charge is -2.08. The molecule has 0 aliphatic carbocycles.